The standard InChI is InChI=1S/C26H36N4O5.CH4.3H2S/c1-28-11-13-29(14-12-28)19-9-7-18(8-10-19)25(32)27-22(17-5-3-4-6-17)26(33)30-15-21(34-2)24-23(30)20(31)16-35-24;;;;/h7-10,17,21-24H,3-6,11-16H2,1-2H3,(H,27,32);1H4;3*1H2/t21-,22+,23-,24-;;;;/m1..../s1. The molecule has 0 bridgehead atoms. The summed E-state index contributed by atoms with van der Waals surface area (Å²) in [5.41, 5.74) is 1.64. The van der Waals surface area contributed by atoms with Crippen LogP contribution in [0.1, 0.15) is 43.5 Å². The van der Waals surface area contributed by atoms with Gasteiger partial charge in [-0.2, -0.15) is 40.5 Å². The first-order valence-electron chi connectivity index (χ1n) is 12.8. The molecule has 3 aliphatic heterocycles. The van der Waals surface area contributed by atoms with Crippen molar-refractivity contribution in [2.75, 3.05) is 58.4 Å². The molecule has 0 spiro atoms. The molecule has 1 aromatic rings. The van der Waals surface area contributed by atoms with Gasteiger partial charge in [-0.3, -0.25) is 14.4 Å². The highest BCUT2D eigenvalue weighted by molar-refractivity contribution is 7.59. The van der Waals surface area contributed by atoms with Gasteiger partial charge in [0.2, 0.25) is 5.91 Å². The van der Waals surface area contributed by atoms with Gasteiger partial charge in [0, 0.05) is 44.5 Å². The molecular weight excluding hydrogens is 557 g/mol. The lowest BCUT2D eigenvalue weighted by Gasteiger charge is -2.34. The van der Waals surface area contributed by atoms with Gasteiger partial charge in [0.15, 0.2) is 5.78 Å². The Labute approximate surface area is 253 Å². The maximum atomic E-state index is 13.8. The maximum Gasteiger partial charge on any atom is 0.251 e. The molecule has 1 N–H and O–H groups in total. The van der Waals surface area contributed by atoms with Crippen LogP contribution in [0.4, 0.5) is 5.69 Å². The highest BCUT2D eigenvalue weighted by atomic mass is 32.1. The van der Waals surface area contributed by atoms with Crippen molar-refractivity contribution < 1.29 is 23.9 Å². The molecule has 0 radical (unpaired) electrons. The van der Waals surface area contributed by atoms with Crippen LogP contribution >= 0.6 is 40.5 Å². The largest absolute Gasteiger partial charge is 0.377 e. The molecule has 1 aromatic carbocycles. The number of ketones is 1. The number of methoxy groups -OCH3 is 1. The number of ether oxygens (including phenoxy) is 2. The first kappa shape index (κ1) is 35.6. The maximum absolute atomic E-state index is 13.8. The van der Waals surface area contributed by atoms with E-state index >= 15 is 0 Å². The van der Waals surface area contributed by atoms with Gasteiger partial charge >= 0.3 is 0 Å². The lowest BCUT2D eigenvalue weighted by molar-refractivity contribution is -0.139. The van der Waals surface area contributed by atoms with Crippen molar-refractivity contribution in [2.45, 2.75) is 57.4 Å². The normalized spacial score (nSPS) is 25.5. The van der Waals surface area contributed by atoms with Gasteiger partial charge in [0.05, 0.1) is 6.54 Å². The van der Waals surface area contributed by atoms with Crippen LogP contribution in [0.5, 0.6) is 0 Å². The summed E-state index contributed by atoms with van der Waals surface area (Å²) in [6.45, 7) is 4.26. The third kappa shape index (κ3) is 7.45. The summed E-state index contributed by atoms with van der Waals surface area (Å²) >= 11 is 0. The average molecular weight is 603 g/mol. The zero-order chi connectivity index (χ0) is 24.5. The second kappa shape index (κ2) is 15.5. The van der Waals surface area contributed by atoms with E-state index in [1.165, 1.54) is 0 Å². The average Bonchev–Trinajstić information content (AvgIpc) is 3.62. The predicted octanol–water partition coefficient (Wildman–Crippen LogP) is 1.90. The lowest BCUT2D eigenvalue weighted by Crippen LogP contribution is -2.54. The van der Waals surface area contributed by atoms with E-state index in [4.69, 9.17) is 9.47 Å². The van der Waals surface area contributed by atoms with Crippen LogP contribution in [0.25, 0.3) is 0 Å². The van der Waals surface area contributed by atoms with Gasteiger partial charge in [-0.05, 0) is 50.1 Å². The Kier molecular flexibility index (Phi) is 14.2. The second-order valence-corrected chi connectivity index (χ2v) is 10.3. The molecule has 0 aromatic heterocycles. The van der Waals surface area contributed by atoms with E-state index < -0.39 is 18.2 Å². The topological polar surface area (TPSA) is 91.4 Å². The summed E-state index contributed by atoms with van der Waals surface area (Å²) in [7, 11) is 3.70. The molecule has 2 amide bonds. The number of Topliss-reactive ketones (excluding diaryl/α,β-unsaturated/α-hetero) is 1. The molecule has 1 aliphatic carbocycles. The summed E-state index contributed by atoms with van der Waals surface area (Å²) in [6.07, 6.45) is 3.09. The third-order valence-electron chi connectivity index (χ3n) is 8.15. The molecule has 3 saturated heterocycles. The molecule has 4 aliphatic rings. The first-order valence-corrected chi connectivity index (χ1v) is 12.8. The van der Waals surface area contributed by atoms with E-state index in [-0.39, 0.29) is 84.1 Å². The number of nitrogens with one attached hydrogen (secondary N) is 1. The Morgan fingerprint density at radius 2 is 1.64 bits per heavy atom. The van der Waals surface area contributed by atoms with Gasteiger partial charge in [0.1, 0.15) is 30.9 Å². The summed E-state index contributed by atoms with van der Waals surface area (Å²) in [5, 5.41) is 3.04. The van der Waals surface area contributed by atoms with Crippen molar-refractivity contribution in [1.29, 1.82) is 0 Å². The van der Waals surface area contributed by atoms with E-state index in [0.29, 0.717) is 12.1 Å². The number of carbonyl (C=O) groups is 3. The molecule has 222 valence electrons. The molecule has 39 heavy (non-hydrogen) atoms. The fourth-order valence-corrected chi connectivity index (χ4v) is 6.01. The molecule has 1 saturated carbocycles. The van der Waals surface area contributed by atoms with Crippen molar-refractivity contribution in [3.05, 3.63) is 29.8 Å². The first-order chi connectivity index (χ1) is 17.0. The van der Waals surface area contributed by atoms with Crippen LogP contribution in [-0.4, -0.2) is 105 Å². The Hall–Kier alpha value is -1.44. The van der Waals surface area contributed by atoms with Crippen LogP contribution in [0.3, 0.4) is 0 Å². The number of likely N-dealkylation sites (N-methyl/N-ethyl adjacent to an activating group) is 1. The molecule has 4 atom stereocenters. The van der Waals surface area contributed by atoms with Gasteiger partial charge in [-0.1, -0.05) is 20.3 Å². The summed E-state index contributed by atoms with van der Waals surface area (Å²) in [5.74, 6) is -0.492. The van der Waals surface area contributed by atoms with Crippen molar-refractivity contribution in [1.82, 2.24) is 15.1 Å². The van der Waals surface area contributed by atoms with Gasteiger partial charge < -0.3 is 29.5 Å². The quantitative estimate of drug-likeness (QED) is 0.532. The van der Waals surface area contributed by atoms with E-state index in [1.807, 2.05) is 24.3 Å². The number of hydrogen-bond acceptors (Lipinski definition) is 7. The number of carbonyl (C=O) groups excluding carboxylic acids is 3. The van der Waals surface area contributed by atoms with E-state index in [9.17, 15) is 14.4 Å². The number of hydrogen-bond donors (Lipinski definition) is 1. The summed E-state index contributed by atoms with van der Waals surface area (Å²) in [4.78, 5) is 45.8. The Bertz CT molecular complexity index is 955. The van der Waals surface area contributed by atoms with Crippen molar-refractivity contribution >= 4 is 63.8 Å². The van der Waals surface area contributed by atoms with Crippen LogP contribution < -0.4 is 10.2 Å². The molecule has 4 fully saturated rings. The minimum Gasteiger partial charge on any atom is -0.377 e. The number of nitrogens with zero attached hydrogens (tertiary/aromatic N) is 3. The zero-order valence-corrected chi connectivity index (χ0v) is 25.2. The molecule has 9 nitrogen and oxygen atoms in total. The SMILES string of the molecule is C.CO[C@@H]1CN(C(=O)[C@@H](NC(=O)c2ccc(N3CCN(C)CC3)cc2)C2CCCC2)[C@@H]2C(=O)CO[C@@H]21.S.S.S. The van der Waals surface area contributed by atoms with Gasteiger partial charge in [0.25, 0.3) is 5.91 Å². The van der Waals surface area contributed by atoms with Crippen molar-refractivity contribution in [3.8, 4) is 0 Å². The van der Waals surface area contributed by atoms with Crippen LogP contribution in [-0.2, 0) is 19.1 Å². The second-order valence-electron chi connectivity index (χ2n) is 10.3. The number of fused-ring (bicyclic) bond motifs is 1. The molecule has 5 rings (SSSR count). The Morgan fingerprint density at radius 1 is 1.03 bits per heavy atom. The van der Waals surface area contributed by atoms with Crippen molar-refractivity contribution in [3.63, 3.8) is 0 Å². The fourth-order valence-electron chi connectivity index (χ4n) is 6.01. The van der Waals surface area contributed by atoms with Crippen LogP contribution in [0, 0.1) is 5.92 Å². The third-order valence-corrected chi connectivity index (χ3v) is 8.15. The molecule has 3 heterocycles. The summed E-state index contributed by atoms with van der Waals surface area (Å²) in [6, 6.07) is 6.34. The zero-order valence-electron chi connectivity index (χ0n) is 22.2. The minimum absolute atomic E-state index is 0. The lowest BCUT2D eigenvalue weighted by atomic mass is 9.95. The van der Waals surface area contributed by atoms with Crippen LogP contribution in [0.15, 0.2) is 24.3 Å². The number of benzene rings is 1. The van der Waals surface area contributed by atoms with E-state index in [1.54, 1.807) is 12.0 Å². The van der Waals surface area contributed by atoms with Gasteiger partial charge in [-0.25, -0.2) is 0 Å². The van der Waals surface area contributed by atoms with Crippen molar-refractivity contribution in [2.24, 2.45) is 5.92 Å². The van der Waals surface area contributed by atoms with E-state index in [0.717, 1.165) is 57.5 Å². The Morgan fingerprint density at radius 3 is 2.23 bits per heavy atom. The van der Waals surface area contributed by atoms with Crippen LogP contribution in [0.2, 0.25) is 0 Å². The molecular formula is C27H46N4O5S3. The summed E-state index contributed by atoms with van der Waals surface area (Å²) < 4.78 is 11.1. The molecule has 0 unspecified atom stereocenters. The minimum atomic E-state index is -0.660. The number of anilines is 1. The number of piperazine rings is 1. The number of likely N-dealkylation sites (tertiary alicyclic amines) is 1. The Balaban J connectivity index is 0.00000190. The predicted molar refractivity (Wildman–Crippen MR) is 168 cm³/mol. The molecule has 12 heteroatoms. The van der Waals surface area contributed by atoms with E-state index in [2.05, 4.69) is 22.2 Å². The van der Waals surface area contributed by atoms with Gasteiger partial charge in [-0.15, -0.1) is 0 Å². The number of rotatable bonds is 6. The smallest absolute Gasteiger partial charge is 0.251 e. The highest BCUT2D eigenvalue weighted by Gasteiger charge is 2.54. The highest BCUT2D eigenvalue weighted by Crippen LogP contribution is 2.33. The fraction of sp³-hybridized carbons (Fsp3) is 0.667. The monoisotopic (exact) mass is 602 g/mol. The number of amides is 2.